The van der Waals surface area contributed by atoms with Gasteiger partial charge in [0.1, 0.15) is 0 Å². The minimum absolute atomic E-state index is 0. The summed E-state index contributed by atoms with van der Waals surface area (Å²) in [6, 6.07) is 1.28. The summed E-state index contributed by atoms with van der Waals surface area (Å²) in [7, 11) is 4.70. The molecule has 0 fully saturated rings. The van der Waals surface area contributed by atoms with Crippen molar-refractivity contribution in [2.75, 3.05) is 56.9 Å². The zero-order valence-corrected chi connectivity index (χ0v) is 52.0. The van der Waals surface area contributed by atoms with E-state index in [-0.39, 0.29) is 152 Å². The Kier molecular flexibility index (Phi) is 281. The molecule has 0 unspecified atom stereocenters. The standard InChI is InChI=1S/C6H16OSi.2C5H12Si.2C4H12O2Si.2C4H12OSi.C3H10OSi.C2H5.18CH4.V/c1-5-6-8(3,4)7-2;2*1-5-6(2,3)4;2*1-5-7(3,4)6-2;2*1-5-6(2,3)4;1-4-5(2)3;1-2;;;;;;;;;;;;;;;;;;;/h5-6H2,1-4H3;2*5H,1H2,2-4H3;2*1-4H3;2*1-4H3;5H,1-3H3;1H2,2H3;18*1H4;/q;;;;;;;;-1;;;;;;;;;;;;;;;;;;;. The fourth-order valence-corrected chi connectivity index (χ4v) is 2.61. The van der Waals surface area contributed by atoms with Crippen molar-refractivity contribution in [3.05, 3.63) is 31.5 Å². The van der Waals surface area contributed by atoms with E-state index in [0.29, 0.717) is 0 Å². The van der Waals surface area contributed by atoms with Crippen LogP contribution in [0.15, 0.2) is 24.6 Å². The van der Waals surface area contributed by atoms with Gasteiger partial charge in [-0.15, -0.1) is 24.6 Å². The molecule has 0 saturated heterocycles. The molecule has 0 aliphatic carbocycles. The number of hydrogen-bond donors (Lipinski definition) is 0. The Bertz CT molecular complexity index is 686. The summed E-state index contributed by atoms with van der Waals surface area (Å²) in [6.07, 6.45) is 1.26. The van der Waals surface area contributed by atoms with Crippen LogP contribution in [0.1, 0.15) is 154 Å². The fraction of sp³-hybridized carbons (Fsp3) is 0.909. The molecule has 0 aromatic heterocycles. The van der Waals surface area contributed by atoms with Crippen molar-refractivity contribution >= 4 is 67.3 Å². The van der Waals surface area contributed by atoms with Gasteiger partial charge in [0.25, 0.3) is 0 Å². The molecule has 1 radical (unpaired) electrons. The molecule has 481 valence electrons. The monoisotopic (exact) mass is 1240 g/mol. The van der Waals surface area contributed by atoms with Crippen molar-refractivity contribution in [2.45, 2.75) is 291 Å². The molecule has 0 amide bonds. The van der Waals surface area contributed by atoms with E-state index in [1.165, 1.54) is 12.5 Å². The molecule has 0 rings (SSSR count). The Morgan fingerprint density at radius 3 is 0.500 bits per heavy atom. The largest absolute Gasteiger partial charge is 0.424 e. The second-order valence-electron chi connectivity index (χ2n) is 17.4. The van der Waals surface area contributed by atoms with E-state index in [4.69, 9.17) is 35.4 Å². The molecule has 0 N–H and O–H groups in total. The van der Waals surface area contributed by atoms with Crippen LogP contribution in [-0.4, -0.2) is 124 Å². The molecule has 0 heterocycles. The molecule has 0 spiro atoms. The Balaban J connectivity index is -0.0000000114. The summed E-state index contributed by atoms with van der Waals surface area (Å²) in [5.74, 6) is 0. The summed E-state index contributed by atoms with van der Waals surface area (Å²) in [4.78, 5) is 0. The van der Waals surface area contributed by atoms with Crippen LogP contribution >= 0.6 is 0 Å². The third-order valence-corrected chi connectivity index (χ3v) is 18.9. The van der Waals surface area contributed by atoms with E-state index in [1.54, 1.807) is 56.7 Å². The van der Waals surface area contributed by atoms with E-state index in [2.05, 4.69) is 143 Å². The summed E-state index contributed by atoms with van der Waals surface area (Å²) in [6.45, 7) is 57.9. The van der Waals surface area contributed by atoms with Gasteiger partial charge in [-0.25, -0.2) is 0 Å². The smallest absolute Gasteiger partial charge is 0.331 e. The summed E-state index contributed by atoms with van der Waals surface area (Å²) in [5, 5.41) is 0. The zero-order chi connectivity index (χ0) is 45.6. The van der Waals surface area contributed by atoms with E-state index >= 15 is 0 Å². The van der Waals surface area contributed by atoms with Gasteiger partial charge in [0.05, 0.1) is 16.1 Å². The van der Waals surface area contributed by atoms with Gasteiger partial charge >= 0.3 is 17.1 Å². The molecule has 0 bridgehead atoms. The number of hydrogen-bond acceptors (Lipinski definition) is 8. The zero-order valence-electron chi connectivity index (χ0n) is 42.5. The van der Waals surface area contributed by atoms with Crippen molar-refractivity contribution in [3.63, 3.8) is 0 Å². The van der Waals surface area contributed by atoms with Gasteiger partial charge in [-0.05, 0) is 97.7 Å². The van der Waals surface area contributed by atoms with Crippen molar-refractivity contribution in [3.8, 4) is 0 Å². The molecule has 0 aromatic carbocycles. The van der Waals surface area contributed by atoms with Crippen LogP contribution in [0.2, 0.25) is 137 Å². The first-order valence-corrected chi connectivity index (χ1v) is 44.2. The first kappa shape index (κ1) is 187. The molecule has 0 atom stereocenters. The molecular weight excluding hydrogens is 1060 g/mol. The predicted molar refractivity (Wildman–Crippen MR) is 388 cm³/mol. The van der Waals surface area contributed by atoms with Crippen molar-refractivity contribution < 1.29 is 54.0 Å². The Morgan fingerprint density at radius 1 is 0.361 bits per heavy atom. The van der Waals surface area contributed by atoms with Gasteiger partial charge in [-0.1, -0.05) is 186 Å². The predicted octanol–water partition coefficient (Wildman–Crippen LogP) is 24.1. The quantitative estimate of drug-likeness (QED) is 0.141. The summed E-state index contributed by atoms with van der Waals surface area (Å²) < 4.78 is 40.4. The van der Waals surface area contributed by atoms with Gasteiger partial charge in [-0.2, -0.15) is 6.92 Å². The van der Waals surface area contributed by atoms with Crippen LogP contribution in [0.25, 0.3) is 0 Å². The Hall–Kier alpha value is 1.48. The topological polar surface area (TPSA) is 73.8 Å². The summed E-state index contributed by atoms with van der Waals surface area (Å²) >= 11 is 0. The third kappa shape index (κ3) is 299. The van der Waals surface area contributed by atoms with Gasteiger partial charge in [-0.3, -0.25) is 0 Å². The normalized spacial score (nSPS) is 8.28. The van der Waals surface area contributed by atoms with Crippen LogP contribution in [-0.2, 0) is 54.0 Å². The van der Waals surface area contributed by atoms with Gasteiger partial charge in [0.2, 0.25) is 0 Å². The van der Waals surface area contributed by atoms with Gasteiger partial charge in [0.15, 0.2) is 34.0 Å². The minimum Gasteiger partial charge on any atom is -0.424 e. The van der Waals surface area contributed by atoms with Gasteiger partial charge in [0, 0.05) is 75.4 Å². The Labute approximate surface area is 497 Å². The van der Waals surface area contributed by atoms with Crippen LogP contribution < -0.4 is 0 Å². The SMILES string of the molecule is C.C.C.C.C.C.C.C.C.C.C.C.C.C.C.C.C.C.C=C[Si](C)(C)C.C=C[Si](C)(C)C.CCC[Si](C)(C)OC.CO[SiH](C)C.CO[Si](C)(C)C.CO[Si](C)(C)C.CO[Si](C)(C)OC.CO[Si](C)(C)OC.[CH2-]C.[V]. The van der Waals surface area contributed by atoms with E-state index in [1.807, 2.05) is 33.3 Å². The molecule has 0 saturated carbocycles. The molecular formula is C55H175O8Si8V-. The van der Waals surface area contributed by atoms with E-state index < -0.39 is 67.3 Å². The maximum atomic E-state index is 5.32. The van der Waals surface area contributed by atoms with Crippen LogP contribution in [0.4, 0.5) is 0 Å². The van der Waals surface area contributed by atoms with Crippen molar-refractivity contribution in [2.24, 2.45) is 0 Å². The first-order valence-electron chi connectivity index (χ1n) is 18.7. The fourth-order valence-electron chi connectivity index (χ4n) is 0.871. The molecule has 0 aromatic rings. The van der Waals surface area contributed by atoms with E-state index in [0.717, 1.165) is 0 Å². The first-order chi connectivity index (χ1) is 23.4. The summed E-state index contributed by atoms with van der Waals surface area (Å²) in [5.41, 5.74) is 4.15. The third-order valence-electron chi connectivity index (χ3n) is 6.29. The maximum absolute atomic E-state index is 5.32. The molecule has 0 aliphatic heterocycles. The average Bonchev–Trinajstić information content (AvgIpc) is 3.06. The molecule has 8 nitrogen and oxygen atoms in total. The van der Waals surface area contributed by atoms with Crippen molar-refractivity contribution in [1.82, 2.24) is 0 Å². The second kappa shape index (κ2) is 108. The second-order valence-corrected chi connectivity index (χ2v) is 51.2. The number of rotatable bonds is 12. The molecule has 72 heavy (non-hydrogen) atoms. The van der Waals surface area contributed by atoms with Crippen LogP contribution in [0.5, 0.6) is 0 Å². The van der Waals surface area contributed by atoms with Crippen LogP contribution in [0.3, 0.4) is 0 Å². The van der Waals surface area contributed by atoms with Crippen LogP contribution in [0, 0.1) is 6.92 Å². The van der Waals surface area contributed by atoms with Crippen molar-refractivity contribution in [1.29, 1.82) is 0 Å². The van der Waals surface area contributed by atoms with Gasteiger partial charge < -0.3 is 42.3 Å². The minimum atomic E-state index is -1.65. The Morgan fingerprint density at radius 2 is 0.486 bits per heavy atom. The van der Waals surface area contributed by atoms with E-state index in [9.17, 15) is 0 Å². The molecule has 0 aliphatic rings. The molecule has 17 heteroatoms. The maximum Gasteiger partial charge on any atom is 0.331 e. The average molecular weight is 1240 g/mol.